The molecule has 0 aliphatic heterocycles. The fourth-order valence-electron chi connectivity index (χ4n) is 11.1. The van der Waals surface area contributed by atoms with E-state index in [0.717, 1.165) is 78.3 Å². The number of aromatic nitrogens is 3. The molecule has 0 fully saturated rings. The molecule has 0 amide bonds. The average molecular weight is 1060 g/mol. The van der Waals surface area contributed by atoms with Crippen LogP contribution in [0.4, 0.5) is 34.1 Å². The van der Waals surface area contributed by atoms with Crippen molar-refractivity contribution < 1.29 is 0 Å². The number of benzene rings is 11. The molecule has 0 spiro atoms. The SMILES string of the molecule is N#Cc1ccccc1-c1cc(-c2ccc(-c3c(C#N)cc(-c4ccc(-n5c6ccc(N(c7ccccc7)c7ccccc7)cc6c6cc(N(c7ccccc7)c7ccccc7)ccc65)cc4)cc3C#N)cc2)nc(-c2ccccc2C#N)n1. The lowest BCUT2D eigenvalue weighted by molar-refractivity contribution is 1.18. The van der Waals surface area contributed by atoms with Gasteiger partial charge in [0.15, 0.2) is 5.82 Å². The van der Waals surface area contributed by atoms with Crippen molar-refractivity contribution in [2.24, 2.45) is 0 Å². The fraction of sp³-hybridized carbons (Fsp3) is 0. The smallest absolute Gasteiger partial charge is 0.161 e. The zero-order valence-electron chi connectivity index (χ0n) is 44.5. The van der Waals surface area contributed by atoms with E-state index in [2.05, 4.69) is 196 Å². The second kappa shape index (κ2) is 21.9. The zero-order valence-corrected chi connectivity index (χ0v) is 44.5. The van der Waals surface area contributed by atoms with Gasteiger partial charge in [-0.1, -0.05) is 140 Å². The maximum absolute atomic E-state index is 10.8. The lowest BCUT2D eigenvalue weighted by Gasteiger charge is -2.26. The molecule has 0 N–H and O–H groups in total. The molecule has 83 heavy (non-hydrogen) atoms. The molecule has 0 bridgehead atoms. The monoisotopic (exact) mass is 1060 g/mol. The van der Waals surface area contributed by atoms with Crippen molar-refractivity contribution in [3.8, 4) is 86.1 Å². The van der Waals surface area contributed by atoms with Crippen molar-refractivity contribution >= 4 is 55.9 Å². The summed E-state index contributed by atoms with van der Waals surface area (Å²) >= 11 is 0. The van der Waals surface area contributed by atoms with E-state index in [1.54, 1.807) is 30.3 Å². The Kier molecular flexibility index (Phi) is 13.3. The standard InChI is InChI=1S/C74H45N9/c75-46-53-17-13-15-27-65(53)70-45-69(79-74(80-70)66-28-16-14-18-54(66)47-76)51-29-31-52(32-30-51)73-56(48-77)41-55(42-57(73)49-78)50-33-35-62(36-34-50)83-71-39-37-63(81(58-19-5-1-6-20-58)59-21-7-2-8-22-59)43-67(71)68-44-64(38-40-72(68)83)82(60-23-9-3-10-24-60)61-25-11-4-12-26-61/h1-45H. The molecular formula is C74H45N9. The Morgan fingerprint density at radius 3 is 1.17 bits per heavy atom. The number of anilines is 6. The minimum Gasteiger partial charge on any atom is -0.310 e. The quantitative estimate of drug-likeness (QED) is 0.118. The van der Waals surface area contributed by atoms with E-state index in [0.29, 0.717) is 61.7 Å². The van der Waals surface area contributed by atoms with Crippen LogP contribution < -0.4 is 9.80 Å². The molecule has 0 unspecified atom stereocenters. The molecule has 9 heteroatoms. The molecule has 2 aromatic heterocycles. The molecular weight excluding hydrogens is 1010 g/mol. The Balaban J connectivity index is 0.885. The molecule has 9 nitrogen and oxygen atoms in total. The second-order valence-corrected chi connectivity index (χ2v) is 19.8. The summed E-state index contributed by atoms with van der Waals surface area (Å²) in [6.45, 7) is 0. The van der Waals surface area contributed by atoms with Crippen LogP contribution in [0.5, 0.6) is 0 Å². The van der Waals surface area contributed by atoms with Crippen molar-refractivity contribution in [2.75, 3.05) is 9.80 Å². The van der Waals surface area contributed by atoms with Gasteiger partial charge in [-0.05, 0) is 150 Å². The maximum Gasteiger partial charge on any atom is 0.161 e. The van der Waals surface area contributed by atoms with Gasteiger partial charge in [0, 0.05) is 72.8 Å². The topological polar surface area (TPSA) is 132 Å². The summed E-state index contributed by atoms with van der Waals surface area (Å²) in [6, 6.07) is 100. The first kappa shape index (κ1) is 50.4. The fourth-order valence-corrected chi connectivity index (χ4v) is 11.1. The van der Waals surface area contributed by atoms with Gasteiger partial charge in [0.25, 0.3) is 0 Å². The molecule has 0 aliphatic carbocycles. The van der Waals surface area contributed by atoms with Gasteiger partial charge in [0.05, 0.1) is 69.0 Å². The molecule has 13 aromatic rings. The molecule has 0 saturated heterocycles. The number of hydrogen-bond donors (Lipinski definition) is 0. The lowest BCUT2D eigenvalue weighted by Crippen LogP contribution is -2.09. The van der Waals surface area contributed by atoms with Gasteiger partial charge in [0.2, 0.25) is 0 Å². The summed E-state index contributed by atoms with van der Waals surface area (Å²) in [5.41, 5.74) is 16.7. The first-order chi connectivity index (χ1) is 41.0. The van der Waals surface area contributed by atoms with Crippen LogP contribution in [0.3, 0.4) is 0 Å². The van der Waals surface area contributed by atoms with Crippen LogP contribution in [0.1, 0.15) is 22.3 Å². The highest BCUT2D eigenvalue weighted by atomic mass is 15.1. The van der Waals surface area contributed by atoms with Gasteiger partial charge >= 0.3 is 0 Å². The van der Waals surface area contributed by atoms with Gasteiger partial charge in [0.1, 0.15) is 0 Å². The third kappa shape index (κ3) is 9.52. The molecule has 0 saturated carbocycles. The van der Waals surface area contributed by atoms with Crippen molar-refractivity contribution in [2.45, 2.75) is 0 Å². The number of nitrogens with zero attached hydrogens (tertiary/aromatic N) is 9. The Morgan fingerprint density at radius 2 is 0.699 bits per heavy atom. The predicted molar refractivity (Wildman–Crippen MR) is 332 cm³/mol. The van der Waals surface area contributed by atoms with Gasteiger partial charge < -0.3 is 14.4 Å². The molecule has 2 heterocycles. The Hall–Kier alpha value is -12.1. The number of para-hydroxylation sites is 4. The molecule has 13 rings (SSSR count). The Labute approximate surface area is 480 Å². The van der Waals surface area contributed by atoms with Crippen LogP contribution in [-0.4, -0.2) is 14.5 Å². The largest absolute Gasteiger partial charge is 0.310 e. The van der Waals surface area contributed by atoms with Gasteiger partial charge in [-0.3, -0.25) is 0 Å². The molecule has 386 valence electrons. The first-order valence-electron chi connectivity index (χ1n) is 26.9. The number of fused-ring (bicyclic) bond motifs is 3. The molecule has 11 aromatic carbocycles. The van der Waals surface area contributed by atoms with Crippen LogP contribution in [0.2, 0.25) is 0 Å². The minimum absolute atomic E-state index is 0.344. The van der Waals surface area contributed by atoms with Crippen molar-refractivity contribution in [3.05, 3.63) is 295 Å². The summed E-state index contributed by atoms with van der Waals surface area (Å²) in [5.74, 6) is 0.344. The third-order valence-electron chi connectivity index (χ3n) is 15.0. The average Bonchev–Trinajstić information content (AvgIpc) is 4.13. The summed E-state index contributed by atoms with van der Waals surface area (Å²) in [5, 5.41) is 43.7. The van der Waals surface area contributed by atoms with E-state index in [-0.39, 0.29) is 0 Å². The normalized spacial score (nSPS) is 10.8. The highest BCUT2D eigenvalue weighted by Crippen LogP contribution is 2.44. The zero-order chi connectivity index (χ0) is 56.2. The Morgan fingerprint density at radius 1 is 0.301 bits per heavy atom. The van der Waals surface area contributed by atoms with E-state index in [1.165, 1.54) is 0 Å². The van der Waals surface area contributed by atoms with E-state index in [1.807, 2.05) is 84.9 Å². The summed E-state index contributed by atoms with van der Waals surface area (Å²) in [6.07, 6.45) is 0. The van der Waals surface area contributed by atoms with E-state index in [4.69, 9.17) is 9.97 Å². The highest BCUT2D eigenvalue weighted by molar-refractivity contribution is 6.12. The third-order valence-corrected chi connectivity index (χ3v) is 15.0. The van der Waals surface area contributed by atoms with E-state index in [9.17, 15) is 21.0 Å². The lowest BCUT2D eigenvalue weighted by atomic mass is 9.90. The van der Waals surface area contributed by atoms with Crippen molar-refractivity contribution in [1.82, 2.24) is 14.5 Å². The van der Waals surface area contributed by atoms with E-state index < -0.39 is 0 Å². The van der Waals surface area contributed by atoms with Crippen LogP contribution in [0.15, 0.2) is 273 Å². The number of hydrogen-bond acceptors (Lipinski definition) is 8. The second-order valence-electron chi connectivity index (χ2n) is 19.8. The van der Waals surface area contributed by atoms with Crippen LogP contribution in [0.25, 0.3) is 83.6 Å². The highest BCUT2D eigenvalue weighted by Gasteiger charge is 2.22. The number of nitriles is 4. The number of rotatable bonds is 12. The summed E-state index contributed by atoms with van der Waals surface area (Å²) < 4.78 is 2.31. The van der Waals surface area contributed by atoms with Gasteiger partial charge in [-0.25, -0.2) is 9.97 Å². The van der Waals surface area contributed by atoms with Crippen LogP contribution >= 0.6 is 0 Å². The molecule has 0 atom stereocenters. The first-order valence-corrected chi connectivity index (χ1v) is 26.9. The van der Waals surface area contributed by atoms with Crippen LogP contribution in [0, 0.1) is 45.3 Å². The molecule has 0 aliphatic rings. The Bertz CT molecular complexity index is 4430. The predicted octanol–water partition coefficient (Wildman–Crippen LogP) is 18.3. The maximum atomic E-state index is 10.8. The summed E-state index contributed by atoms with van der Waals surface area (Å²) in [4.78, 5) is 14.4. The molecule has 0 radical (unpaired) electrons. The van der Waals surface area contributed by atoms with Crippen molar-refractivity contribution in [1.29, 1.82) is 21.0 Å². The summed E-state index contributed by atoms with van der Waals surface area (Å²) in [7, 11) is 0. The van der Waals surface area contributed by atoms with Gasteiger partial charge in [-0.2, -0.15) is 21.0 Å². The van der Waals surface area contributed by atoms with E-state index >= 15 is 0 Å². The van der Waals surface area contributed by atoms with Crippen molar-refractivity contribution in [3.63, 3.8) is 0 Å². The minimum atomic E-state index is 0.344. The van der Waals surface area contributed by atoms with Crippen LogP contribution in [-0.2, 0) is 0 Å². The van der Waals surface area contributed by atoms with Gasteiger partial charge in [-0.15, -0.1) is 0 Å².